The van der Waals surface area contributed by atoms with E-state index in [0.717, 1.165) is 6.42 Å². The van der Waals surface area contributed by atoms with Gasteiger partial charge in [-0.25, -0.2) is 4.79 Å². The first-order chi connectivity index (χ1) is 7.72. The largest absolute Gasteiger partial charge is 0.338 e. The topological polar surface area (TPSA) is 89.9 Å². The van der Waals surface area contributed by atoms with E-state index < -0.39 is 0 Å². The second-order valence-electron chi connectivity index (χ2n) is 3.12. The van der Waals surface area contributed by atoms with Gasteiger partial charge in [-0.15, -0.1) is 0 Å². The molecule has 1 aromatic heterocycles. The minimum absolute atomic E-state index is 0.0696. The Kier molecular flexibility index (Phi) is 4.78. The van der Waals surface area contributed by atoms with E-state index in [-0.39, 0.29) is 12.0 Å². The van der Waals surface area contributed by atoms with Crippen LogP contribution in [0.25, 0.3) is 0 Å². The summed E-state index contributed by atoms with van der Waals surface area (Å²) in [5.74, 6) is -0.0696. The standard InChI is InChI=1S/C10H15N5O/c1-2-5-13-10(16)15-9(11)14-8-3-6-12-7-4-8/h3-4,6-7H,2,5H2,1H3,(H4,11,12,13,14,15,16). The lowest BCUT2D eigenvalue weighted by Gasteiger charge is -2.09. The zero-order valence-corrected chi connectivity index (χ0v) is 9.08. The van der Waals surface area contributed by atoms with Gasteiger partial charge in [0, 0.05) is 24.6 Å². The first-order valence-corrected chi connectivity index (χ1v) is 5.03. The number of amides is 2. The number of aromatic nitrogens is 1. The lowest BCUT2D eigenvalue weighted by molar-refractivity contribution is 0.245. The summed E-state index contributed by atoms with van der Waals surface area (Å²) < 4.78 is 0. The monoisotopic (exact) mass is 221 g/mol. The molecule has 0 fully saturated rings. The number of hydrogen-bond donors (Lipinski definition) is 4. The van der Waals surface area contributed by atoms with Crippen LogP contribution in [0.2, 0.25) is 0 Å². The minimum Gasteiger partial charge on any atom is -0.338 e. The van der Waals surface area contributed by atoms with Gasteiger partial charge in [-0.1, -0.05) is 6.92 Å². The van der Waals surface area contributed by atoms with E-state index in [1.54, 1.807) is 24.5 Å². The molecule has 0 radical (unpaired) electrons. The molecule has 6 nitrogen and oxygen atoms in total. The lowest BCUT2D eigenvalue weighted by atomic mass is 10.4. The fraction of sp³-hybridized carbons (Fsp3) is 0.300. The van der Waals surface area contributed by atoms with Gasteiger partial charge in [-0.3, -0.25) is 15.7 Å². The van der Waals surface area contributed by atoms with Gasteiger partial charge >= 0.3 is 6.03 Å². The van der Waals surface area contributed by atoms with Gasteiger partial charge in [0.05, 0.1) is 0 Å². The average molecular weight is 221 g/mol. The first-order valence-electron chi connectivity index (χ1n) is 5.03. The van der Waals surface area contributed by atoms with E-state index in [1.165, 1.54) is 0 Å². The molecule has 0 saturated heterocycles. The highest BCUT2D eigenvalue weighted by molar-refractivity contribution is 6.01. The molecule has 0 aromatic carbocycles. The summed E-state index contributed by atoms with van der Waals surface area (Å²) in [5.41, 5.74) is 0.704. The van der Waals surface area contributed by atoms with Crippen molar-refractivity contribution in [3.8, 4) is 0 Å². The zero-order valence-electron chi connectivity index (χ0n) is 9.08. The van der Waals surface area contributed by atoms with Gasteiger partial charge in [-0.05, 0) is 18.6 Å². The number of anilines is 1. The second kappa shape index (κ2) is 6.39. The Balaban J connectivity index is 2.34. The zero-order chi connectivity index (χ0) is 11.8. The number of carbonyl (C=O) groups is 1. The molecular weight excluding hydrogens is 206 g/mol. The van der Waals surface area contributed by atoms with Crippen molar-refractivity contribution in [2.24, 2.45) is 0 Å². The molecule has 0 saturated carbocycles. The Bertz CT molecular complexity index is 351. The third-order valence-corrected chi connectivity index (χ3v) is 1.72. The van der Waals surface area contributed by atoms with Gasteiger partial charge in [0.1, 0.15) is 0 Å². The molecule has 0 unspecified atom stereocenters. The van der Waals surface area contributed by atoms with Crippen molar-refractivity contribution in [3.63, 3.8) is 0 Å². The predicted molar refractivity (Wildman–Crippen MR) is 62.4 cm³/mol. The van der Waals surface area contributed by atoms with Crippen molar-refractivity contribution in [2.45, 2.75) is 13.3 Å². The van der Waals surface area contributed by atoms with Crippen LogP contribution >= 0.6 is 0 Å². The van der Waals surface area contributed by atoms with E-state index in [0.29, 0.717) is 12.2 Å². The quantitative estimate of drug-likeness (QED) is 0.455. The molecule has 0 aliphatic carbocycles. The number of rotatable bonds is 3. The van der Waals surface area contributed by atoms with E-state index in [2.05, 4.69) is 20.9 Å². The number of hydrogen-bond acceptors (Lipinski definition) is 3. The van der Waals surface area contributed by atoms with Gasteiger partial charge < -0.3 is 10.6 Å². The van der Waals surface area contributed by atoms with Crippen molar-refractivity contribution >= 4 is 17.7 Å². The number of guanidine groups is 1. The van der Waals surface area contributed by atoms with Gasteiger partial charge in [0.25, 0.3) is 0 Å². The second-order valence-corrected chi connectivity index (χ2v) is 3.12. The minimum atomic E-state index is -0.381. The van der Waals surface area contributed by atoms with E-state index in [4.69, 9.17) is 5.41 Å². The van der Waals surface area contributed by atoms with Gasteiger partial charge in [0.2, 0.25) is 5.96 Å². The summed E-state index contributed by atoms with van der Waals surface area (Å²) in [5, 5.41) is 15.2. The SMILES string of the molecule is CCCNC(=O)NC(=N)Nc1ccncc1. The van der Waals surface area contributed by atoms with Crippen molar-refractivity contribution in [1.29, 1.82) is 5.41 Å². The smallest absolute Gasteiger partial charge is 0.321 e. The molecule has 0 aliphatic heterocycles. The Labute approximate surface area is 94.0 Å². The maximum Gasteiger partial charge on any atom is 0.321 e. The van der Waals surface area contributed by atoms with Crippen LogP contribution in [0.1, 0.15) is 13.3 Å². The summed E-state index contributed by atoms with van der Waals surface area (Å²) >= 11 is 0. The fourth-order valence-corrected chi connectivity index (χ4v) is 1.01. The first kappa shape index (κ1) is 12.0. The van der Waals surface area contributed by atoms with E-state index >= 15 is 0 Å². The van der Waals surface area contributed by atoms with Crippen LogP contribution in [0, 0.1) is 5.41 Å². The Morgan fingerprint density at radius 1 is 1.44 bits per heavy atom. The van der Waals surface area contributed by atoms with Gasteiger partial charge in [-0.2, -0.15) is 0 Å². The highest BCUT2D eigenvalue weighted by Gasteiger charge is 2.02. The van der Waals surface area contributed by atoms with Gasteiger partial charge in [0.15, 0.2) is 0 Å². The Morgan fingerprint density at radius 2 is 2.12 bits per heavy atom. The van der Waals surface area contributed by atoms with Crippen LogP contribution in [0.15, 0.2) is 24.5 Å². The molecule has 1 rings (SSSR count). The molecule has 86 valence electrons. The van der Waals surface area contributed by atoms with E-state index in [1.807, 2.05) is 6.92 Å². The van der Waals surface area contributed by atoms with E-state index in [9.17, 15) is 4.79 Å². The molecule has 0 spiro atoms. The molecule has 6 heteroatoms. The number of urea groups is 1. The molecule has 1 heterocycles. The van der Waals surface area contributed by atoms with Crippen LogP contribution in [0.5, 0.6) is 0 Å². The molecule has 0 aliphatic rings. The molecule has 2 amide bonds. The number of pyridine rings is 1. The normalized spacial score (nSPS) is 9.31. The van der Waals surface area contributed by atoms with Crippen molar-refractivity contribution in [3.05, 3.63) is 24.5 Å². The summed E-state index contributed by atoms with van der Waals surface area (Å²) in [4.78, 5) is 15.0. The molecule has 0 atom stereocenters. The highest BCUT2D eigenvalue weighted by Crippen LogP contribution is 2.01. The highest BCUT2D eigenvalue weighted by atomic mass is 16.2. The van der Waals surface area contributed by atoms with Crippen molar-refractivity contribution in [1.82, 2.24) is 15.6 Å². The molecule has 1 aromatic rings. The molecule has 4 N–H and O–H groups in total. The molecule has 0 bridgehead atoms. The third kappa shape index (κ3) is 4.41. The average Bonchev–Trinajstić information content (AvgIpc) is 2.27. The Morgan fingerprint density at radius 3 is 2.75 bits per heavy atom. The van der Waals surface area contributed by atoms with Crippen LogP contribution in [0.4, 0.5) is 10.5 Å². The van der Waals surface area contributed by atoms with Crippen LogP contribution in [0.3, 0.4) is 0 Å². The van der Waals surface area contributed by atoms with Crippen molar-refractivity contribution < 1.29 is 4.79 Å². The summed E-state index contributed by atoms with van der Waals surface area (Å²) in [6.07, 6.45) is 4.07. The summed E-state index contributed by atoms with van der Waals surface area (Å²) in [7, 11) is 0. The number of nitrogens with zero attached hydrogens (tertiary/aromatic N) is 1. The summed E-state index contributed by atoms with van der Waals surface area (Å²) in [6.45, 7) is 2.55. The van der Waals surface area contributed by atoms with Crippen molar-refractivity contribution in [2.75, 3.05) is 11.9 Å². The lowest BCUT2D eigenvalue weighted by Crippen LogP contribution is -2.42. The van der Waals surface area contributed by atoms with Crippen LogP contribution in [-0.4, -0.2) is 23.5 Å². The van der Waals surface area contributed by atoms with Crippen LogP contribution in [-0.2, 0) is 0 Å². The number of carbonyl (C=O) groups excluding carboxylic acids is 1. The molecular formula is C10H15N5O. The summed E-state index contributed by atoms with van der Waals surface area (Å²) in [6, 6.07) is 3.04. The Hall–Kier alpha value is -2.11. The maximum atomic E-state index is 11.2. The third-order valence-electron chi connectivity index (χ3n) is 1.72. The fourth-order valence-electron chi connectivity index (χ4n) is 1.01. The molecule has 16 heavy (non-hydrogen) atoms. The number of nitrogens with one attached hydrogen (secondary N) is 4. The maximum absolute atomic E-state index is 11.2. The predicted octanol–water partition coefficient (Wildman–Crippen LogP) is 1.14. The van der Waals surface area contributed by atoms with Crippen LogP contribution < -0.4 is 16.0 Å².